The molecule has 3 rings (SSSR count). The monoisotopic (exact) mass is 688 g/mol. The minimum Gasteiger partial charge on any atom is -0.452 e. The number of ether oxygens (including phenoxy) is 1. The molecule has 1 aromatic carbocycles. The van der Waals surface area contributed by atoms with Crippen LogP contribution in [0, 0.1) is 0 Å². The van der Waals surface area contributed by atoms with E-state index in [4.69, 9.17) is 32.9 Å². The second kappa shape index (κ2) is 20.6. The van der Waals surface area contributed by atoms with Crippen LogP contribution in [0.25, 0.3) is 0 Å². The number of benzene rings is 1. The summed E-state index contributed by atoms with van der Waals surface area (Å²) in [6.07, 6.45) is 18.7. The van der Waals surface area contributed by atoms with Gasteiger partial charge in [0, 0.05) is 33.8 Å². The lowest BCUT2D eigenvalue weighted by Gasteiger charge is -2.21. The minimum atomic E-state index is -0.752. The van der Waals surface area contributed by atoms with E-state index in [1.807, 2.05) is 42.7 Å². The molecule has 0 unspecified atom stereocenters. The van der Waals surface area contributed by atoms with Crippen molar-refractivity contribution in [1.82, 2.24) is 14.5 Å². The van der Waals surface area contributed by atoms with Crippen molar-refractivity contribution in [3.8, 4) is 0 Å². The first-order valence-electron chi connectivity index (χ1n) is 16.8. The van der Waals surface area contributed by atoms with Gasteiger partial charge < -0.3 is 4.74 Å². The molecule has 0 radical (unpaired) electrons. The number of anilines is 1. The van der Waals surface area contributed by atoms with Gasteiger partial charge in [0.05, 0.1) is 19.3 Å². The van der Waals surface area contributed by atoms with E-state index in [1.54, 1.807) is 18.5 Å². The van der Waals surface area contributed by atoms with Gasteiger partial charge in [-0.3, -0.25) is 14.3 Å². The Morgan fingerprint density at radius 1 is 0.870 bits per heavy atom. The molecule has 0 N–H and O–H groups in total. The third-order valence-corrected chi connectivity index (χ3v) is 9.45. The second-order valence-corrected chi connectivity index (χ2v) is 14.0. The maximum atomic E-state index is 13.7. The molecule has 0 fully saturated rings. The Labute approximate surface area is 289 Å². The van der Waals surface area contributed by atoms with E-state index in [2.05, 4.69) is 11.9 Å². The smallest absolute Gasteiger partial charge is 0.423 e. The highest BCUT2D eigenvalue weighted by Gasteiger charge is 2.32. The zero-order valence-corrected chi connectivity index (χ0v) is 30.2. The Morgan fingerprint density at radius 3 is 1.93 bits per heavy atom. The van der Waals surface area contributed by atoms with E-state index >= 15 is 0 Å². The summed E-state index contributed by atoms with van der Waals surface area (Å²) in [7, 11) is 1.29. The van der Waals surface area contributed by atoms with Crippen LogP contribution >= 0.6 is 35.0 Å². The molecule has 46 heavy (non-hydrogen) atoms. The standard InChI is InChI=1S/C36H50Cl2N4O3S/c1-5-6-7-8-9-10-11-12-13-14-15-16-17-18-32(43)42(36(44)45-4)35-40-33(27(2)3)34(41(35)26-28-19-21-39-22-20-28)46-31-24-29(37)23-30(38)25-31/h19-25,27H,5-18,26H2,1-4H3. The average molecular weight is 690 g/mol. The van der Waals surface area contributed by atoms with Crippen LogP contribution < -0.4 is 4.90 Å². The predicted octanol–water partition coefficient (Wildman–Crippen LogP) is 11.5. The number of imide groups is 1. The van der Waals surface area contributed by atoms with E-state index < -0.39 is 6.09 Å². The molecule has 252 valence electrons. The summed E-state index contributed by atoms with van der Waals surface area (Å²) in [4.78, 5) is 37.9. The van der Waals surface area contributed by atoms with Crippen molar-refractivity contribution in [2.75, 3.05) is 12.0 Å². The van der Waals surface area contributed by atoms with Gasteiger partial charge in [-0.15, -0.1) is 0 Å². The Bertz CT molecular complexity index is 1350. The number of pyridine rings is 1. The van der Waals surface area contributed by atoms with Crippen molar-refractivity contribution in [2.45, 2.75) is 133 Å². The van der Waals surface area contributed by atoms with Crippen LogP contribution in [-0.4, -0.2) is 33.6 Å². The number of halogens is 2. The number of nitrogens with zero attached hydrogens (tertiary/aromatic N) is 4. The molecule has 7 nitrogen and oxygen atoms in total. The van der Waals surface area contributed by atoms with Crippen LogP contribution in [-0.2, 0) is 16.1 Å². The summed E-state index contributed by atoms with van der Waals surface area (Å²) in [6.45, 7) is 6.70. The molecule has 2 amide bonds. The normalized spacial score (nSPS) is 11.3. The maximum Gasteiger partial charge on any atom is 0.423 e. The number of carbonyl (C=O) groups excluding carboxylic acids is 2. The highest BCUT2D eigenvalue weighted by molar-refractivity contribution is 7.99. The van der Waals surface area contributed by atoms with Gasteiger partial charge in [-0.25, -0.2) is 9.78 Å². The van der Waals surface area contributed by atoms with Crippen LogP contribution in [0.3, 0.4) is 0 Å². The molecule has 0 aliphatic heterocycles. The molecule has 10 heteroatoms. The largest absolute Gasteiger partial charge is 0.452 e. The number of hydrogen-bond donors (Lipinski definition) is 0. The Balaban J connectivity index is 1.73. The Kier molecular flexibility index (Phi) is 17.0. The third-order valence-electron chi connectivity index (χ3n) is 7.91. The van der Waals surface area contributed by atoms with Gasteiger partial charge in [-0.2, -0.15) is 4.90 Å². The van der Waals surface area contributed by atoms with Crippen molar-refractivity contribution >= 4 is 52.9 Å². The van der Waals surface area contributed by atoms with E-state index in [-0.39, 0.29) is 24.2 Å². The molecule has 0 aliphatic carbocycles. The van der Waals surface area contributed by atoms with Gasteiger partial charge in [-0.05, 0) is 48.2 Å². The van der Waals surface area contributed by atoms with E-state index in [0.717, 1.165) is 38.9 Å². The van der Waals surface area contributed by atoms with Gasteiger partial charge in [-0.1, -0.05) is 133 Å². The number of carbonyl (C=O) groups is 2. The van der Waals surface area contributed by atoms with Crippen LogP contribution in [0.4, 0.5) is 10.7 Å². The number of amides is 2. The minimum absolute atomic E-state index is 0.00486. The molecule has 0 spiro atoms. The summed E-state index contributed by atoms with van der Waals surface area (Å²) in [6, 6.07) is 9.17. The van der Waals surface area contributed by atoms with Gasteiger partial charge >= 0.3 is 6.09 Å². The SMILES string of the molecule is CCCCCCCCCCCCCCCC(=O)N(C(=O)OC)c1nc(C(C)C)c(Sc2cc(Cl)cc(Cl)c2)n1Cc1ccncc1. The fraction of sp³-hybridized carbons (Fsp3) is 0.556. The second-order valence-electron chi connectivity index (χ2n) is 12.1. The van der Waals surface area contributed by atoms with Gasteiger partial charge in [0.2, 0.25) is 11.9 Å². The van der Waals surface area contributed by atoms with E-state index in [0.29, 0.717) is 23.0 Å². The van der Waals surface area contributed by atoms with Crippen molar-refractivity contribution in [3.63, 3.8) is 0 Å². The van der Waals surface area contributed by atoms with E-state index in [1.165, 1.54) is 83.1 Å². The Morgan fingerprint density at radius 2 is 1.41 bits per heavy atom. The van der Waals surface area contributed by atoms with Gasteiger partial charge in [0.1, 0.15) is 5.03 Å². The van der Waals surface area contributed by atoms with Crippen molar-refractivity contribution in [3.05, 3.63) is 64.0 Å². The van der Waals surface area contributed by atoms with Crippen molar-refractivity contribution in [1.29, 1.82) is 0 Å². The molecular formula is C36H50Cl2N4O3S. The topological polar surface area (TPSA) is 77.3 Å². The van der Waals surface area contributed by atoms with Crippen LogP contribution in [0.5, 0.6) is 0 Å². The summed E-state index contributed by atoms with van der Waals surface area (Å²) in [5.41, 5.74) is 1.71. The molecule has 2 heterocycles. The molecule has 0 saturated heterocycles. The van der Waals surface area contributed by atoms with Crippen LogP contribution in [0.2, 0.25) is 10.0 Å². The van der Waals surface area contributed by atoms with Crippen LogP contribution in [0.15, 0.2) is 52.6 Å². The number of rotatable bonds is 20. The molecule has 2 aromatic heterocycles. The summed E-state index contributed by atoms with van der Waals surface area (Å²) in [5, 5.41) is 1.83. The van der Waals surface area contributed by atoms with Crippen LogP contribution in [0.1, 0.15) is 128 Å². The van der Waals surface area contributed by atoms with Gasteiger partial charge in [0.15, 0.2) is 0 Å². The maximum absolute atomic E-state index is 13.7. The zero-order chi connectivity index (χ0) is 33.3. The van der Waals surface area contributed by atoms with Crippen molar-refractivity contribution in [2.24, 2.45) is 0 Å². The van der Waals surface area contributed by atoms with E-state index in [9.17, 15) is 9.59 Å². The van der Waals surface area contributed by atoms with Gasteiger partial charge in [0.25, 0.3) is 0 Å². The number of hydrogen-bond acceptors (Lipinski definition) is 6. The number of imidazole rings is 1. The third kappa shape index (κ3) is 12.2. The lowest BCUT2D eigenvalue weighted by Crippen LogP contribution is -2.39. The number of methoxy groups -OCH3 is 1. The highest BCUT2D eigenvalue weighted by atomic mass is 35.5. The molecule has 0 bridgehead atoms. The number of unbranched alkanes of at least 4 members (excludes halogenated alkanes) is 12. The first-order valence-corrected chi connectivity index (χ1v) is 18.4. The summed E-state index contributed by atoms with van der Waals surface area (Å²) in [5.74, 6) is -0.0820. The first kappa shape index (κ1) is 37.9. The molecule has 0 atom stereocenters. The average Bonchev–Trinajstić information content (AvgIpc) is 3.36. The first-order chi connectivity index (χ1) is 22.2. The van der Waals surface area contributed by atoms with Crippen molar-refractivity contribution < 1.29 is 14.3 Å². The molecule has 0 aliphatic rings. The molecule has 3 aromatic rings. The fourth-order valence-corrected chi connectivity index (χ4v) is 7.30. The Hall–Kier alpha value is -2.55. The lowest BCUT2D eigenvalue weighted by atomic mass is 10.0. The molecular weight excluding hydrogens is 639 g/mol. The quantitative estimate of drug-likeness (QED) is 0.110. The molecule has 0 saturated carbocycles. The highest BCUT2D eigenvalue weighted by Crippen LogP contribution is 2.39. The fourth-order valence-electron chi connectivity index (χ4n) is 5.40. The zero-order valence-electron chi connectivity index (χ0n) is 27.9. The lowest BCUT2D eigenvalue weighted by molar-refractivity contribution is -0.118. The summed E-state index contributed by atoms with van der Waals surface area (Å²) >= 11 is 14.1. The summed E-state index contributed by atoms with van der Waals surface area (Å²) < 4.78 is 7.04. The number of aromatic nitrogens is 3. The predicted molar refractivity (Wildman–Crippen MR) is 190 cm³/mol.